The van der Waals surface area contributed by atoms with Crippen molar-refractivity contribution in [2.24, 2.45) is 17.4 Å². The van der Waals surface area contributed by atoms with Crippen molar-refractivity contribution in [1.29, 1.82) is 0 Å². The van der Waals surface area contributed by atoms with Gasteiger partial charge in [0.15, 0.2) is 5.78 Å². The number of ketones is 1. The molecule has 0 saturated heterocycles. The number of nitrogens with two attached hydrogens (primary N) is 2. The zero-order chi connectivity index (χ0) is 20.5. The number of phenolic OH excluding ortho intramolecular Hbond substituents is 1. The number of amides is 1. The first kappa shape index (κ1) is 21.6. The molecule has 0 aliphatic rings. The second-order valence-electron chi connectivity index (χ2n) is 7.24. The molecule has 6 heteroatoms. The van der Waals surface area contributed by atoms with E-state index in [1.54, 1.807) is 31.2 Å². The molecule has 6 N–H and O–H groups in total. The van der Waals surface area contributed by atoms with Gasteiger partial charge in [0.25, 0.3) is 0 Å². The van der Waals surface area contributed by atoms with E-state index >= 15 is 0 Å². The van der Waals surface area contributed by atoms with E-state index in [2.05, 4.69) is 5.32 Å². The van der Waals surface area contributed by atoms with Gasteiger partial charge in [-0.3, -0.25) is 9.59 Å². The lowest BCUT2D eigenvalue weighted by molar-refractivity contribution is -0.129. The number of benzene rings is 2. The second kappa shape index (κ2) is 10.6. The summed E-state index contributed by atoms with van der Waals surface area (Å²) in [5.41, 5.74) is 14.0. The Kier molecular flexibility index (Phi) is 8.17. The number of carbonyl (C=O) groups is 2. The average Bonchev–Trinajstić information content (AvgIpc) is 2.68. The standard InChI is InChI=1S/C22H29N3O3/c1-15(11-21(27)20(24)13-17-7-9-19(26)10-8-17)22(28)25-14-18(23)12-16-5-3-2-4-6-16/h2-10,15,18,20,26H,11-14,23-24H2,1H3,(H,25,28)/t15-,18-,20-/m0/s1. The smallest absolute Gasteiger partial charge is 0.223 e. The molecule has 2 aromatic rings. The van der Waals surface area contributed by atoms with Crippen molar-refractivity contribution in [1.82, 2.24) is 5.32 Å². The summed E-state index contributed by atoms with van der Waals surface area (Å²) in [5.74, 6) is -0.667. The predicted octanol–water partition coefficient (Wildman–Crippen LogP) is 1.54. The van der Waals surface area contributed by atoms with Gasteiger partial charge in [-0.05, 0) is 36.1 Å². The lowest BCUT2D eigenvalue weighted by atomic mass is 9.95. The third-order valence-electron chi connectivity index (χ3n) is 4.64. The van der Waals surface area contributed by atoms with Crippen molar-refractivity contribution in [2.45, 2.75) is 38.3 Å². The molecule has 0 unspecified atom stereocenters. The van der Waals surface area contributed by atoms with Crippen molar-refractivity contribution in [3.63, 3.8) is 0 Å². The normalized spacial score (nSPS) is 14.1. The number of aromatic hydroxyl groups is 1. The van der Waals surface area contributed by atoms with E-state index in [0.717, 1.165) is 11.1 Å². The van der Waals surface area contributed by atoms with Gasteiger partial charge in [0.1, 0.15) is 5.75 Å². The zero-order valence-corrected chi connectivity index (χ0v) is 16.2. The van der Waals surface area contributed by atoms with E-state index in [1.165, 1.54) is 0 Å². The van der Waals surface area contributed by atoms with E-state index in [1.807, 2.05) is 30.3 Å². The summed E-state index contributed by atoms with van der Waals surface area (Å²) in [6.45, 7) is 2.06. The highest BCUT2D eigenvalue weighted by atomic mass is 16.3. The van der Waals surface area contributed by atoms with Gasteiger partial charge in [0.05, 0.1) is 6.04 Å². The summed E-state index contributed by atoms with van der Waals surface area (Å²) in [5, 5.41) is 12.1. The first-order valence-corrected chi connectivity index (χ1v) is 9.48. The van der Waals surface area contributed by atoms with Gasteiger partial charge in [0, 0.05) is 24.9 Å². The summed E-state index contributed by atoms with van der Waals surface area (Å²) >= 11 is 0. The van der Waals surface area contributed by atoms with Crippen molar-refractivity contribution in [2.75, 3.05) is 6.54 Å². The van der Waals surface area contributed by atoms with Gasteiger partial charge in [-0.25, -0.2) is 0 Å². The van der Waals surface area contributed by atoms with Crippen LogP contribution in [0, 0.1) is 5.92 Å². The molecule has 0 heterocycles. The highest BCUT2D eigenvalue weighted by molar-refractivity contribution is 5.89. The number of nitrogens with one attached hydrogen (secondary N) is 1. The molecule has 0 fully saturated rings. The zero-order valence-electron chi connectivity index (χ0n) is 16.2. The Balaban J connectivity index is 1.74. The maximum absolute atomic E-state index is 12.3. The highest BCUT2D eigenvalue weighted by Gasteiger charge is 2.22. The topological polar surface area (TPSA) is 118 Å². The van der Waals surface area contributed by atoms with E-state index in [9.17, 15) is 14.7 Å². The van der Waals surface area contributed by atoms with Gasteiger partial charge in [0.2, 0.25) is 5.91 Å². The quantitative estimate of drug-likeness (QED) is 0.496. The molecular weight excluding hydrogens is 354 g/mol. The Morgan fingerprint density at radius 1 is 0.964 bits per heavy atom. The highest BCUT2D eigenvalue weighted by Crippen LogP contribution is 2.13. The molecule has 0 aromatic heterocycles. The van der Waals surface area contributed by atoms with Crippen LogP contribution in [0.25, 0.3) is 0 Å². The lowest BCUT2D eigenvalue weighted by Crippen LogP contribution is -2.42. The summed E-state index contributed by atoms with van der Waals surface area (Å²) in [6, 6.07) is 15.6. The molecule has 28 heavy (non-hydrogen) atoms. The third-order valence-corrected chi connectivity index (χ3v) is 4.64. The minimum atomic E-state index is -0.680. The Hall–Kier alpha value is -2.70. The summed E-state index contributed by atoms with van der Waals surface area (Å²) in [7, 11) is 0. The molecule has 0 aliphatic heterocycles. The maximum Gasteiger partial charge on any atom is 0.223 e. The Labute approximate surface area is 165 Å². The van der Waals surface area contributed by atoms with Crippen LogP contribution in [0.2, 0.25) is 0 Å². The van der Waals surface area contributed by atoms with Crippen molar-refractivity contribution >= 4 is 11.7 Å². The van der Waals surface area contributed by atoms with E-state index in [0.29, 0.717) is 19.4 Å². The minimum Gasteiger partial charge on any atom is -0.508 e. The fraction of sp³-hybridized carbons (Fsp3) is 0.364. The lowest BCUT2D eigenvalue weighted by Gasteiger charge is -2.17. The van der Waals surface area contributed by atoms with Crippen LogP contribution in [0.3, 0.4) is 0 Å². The van der Waals surface area contributed by atoms with Crippen LogP contribution in [-0.2, 0) is 22.4 Å². The average molecular weight is 383 g/mol. The van der Waals surface area contributed by atoms with E-state index in [-0.39, 0.29) is 29.9 Å². The summed E-state index contributed by atoms with van der Waals surface area (Å²) < 4.78 is 0. The number of hydrogen-bond acceptors (Lipinski definition) is 5. The van der Waals surface area contributed by atoms with Gasteiger partial charge >= 0.3 is 0 Å². The molecule has 3 atom stereocenters. The van der Waals surface area contributed by atoms with Crippen LogP contribution in [0.1, 0.15) is 24.5 Å². The van der Waals surface area contributed by atoms with Gasteiger partial charge in [-0.1, -0.05) is 49.4 Å². The van der Waals surface area contributed by atoms with Crippen molar-refractivity contribution in [3.05, 3.63) is 65.7 Å². The van der Waals surface area contributed by atoms with Crippen LogP contribution < -0.4 is 16.8 Å². The molecule has 2 aromatic carbocycles. The molecule has 0 radical (unpaired) electrons. The number of rotatable bonds is 10. The molecule has 0 aliphatic carbocycles. The minimum absolute atomic E-state index is 0.0823. The Bertz CT molecular complexity index is 762. The number of phenols is 1. The van der Waals surface area contributed by atoms with Gasteiger partial charge in [-0.2, -0.15) is 0 Å². The first-order chi connectivity index (χ1) is 13.3. The molecule has 0 spiro atoms. The second-order valence-corrected chi connectivity index (χ2v) is 7.24. The van der Waals surface area contributed by atoms with Crippen LogP contribution >= 0.6 is 0 Å². The fourth-order valence-corrected chi connectivity index (χ4v) is 2.94. The fourth-order valence-electron chi connectivity index (χ4n) is 2.94. The summed E-state index contributed by atoms with van der Waals surface area (Å²) in [4.78, 5) is 24.6. The van der Waals surface area contributed by atoms with Crippen LogP contribution in [0.15, 0.2) is 54.6 Å². The molecule has 6 nitrogen and oxygen atoms in total. The number of carbonyl (C=O) groups excluding carboxylic acids is 2. The molecular formula is C22H29N3O3. The number of Topliss-reactive ketones (excluding diaryl/α,β-unsaturated/α-hetero) is 1. The van der Waals surface area contributed by atoms with E-state index < -0.39 is 12.0 Å². The third kappa shape index (κ3) is 7.13. The summed E-state index contributed by atoms with van der Waals surface area (Å²) in [6.07, 6.45) is 1.13. The monoisotopic (exact) mass is 383 g/mol. The van der Waals surface area contributed by atoms with Crippen LogP contribution in [0.4, 0.5) is 0 Å². The van der Waals surface area contributed by atoms with E-state index in [4.69, 9.17) is 11.5 Å². The number of hydrogen-bond donors (Lipinski definition) is 4. The van der Waals surface area contributed by atoms with Crippen LogP contribution in [-0.4, -0.2) is 35.4 Å². The molecule has 0 bridgehead atoms. The maximum atomic E-state index is 12.3. The first-order valence-electron chi connectivity index (χ1n) is 9.48. The van der Waals surface area contributed by atoms with Crippen LogP contribution in [0.5, 0.6) is 5.75 Å². The Morgan fingerprint density at radius 2 is 1.57 bits per heavy atom. The van der Waals surface area contributed by atoms with Crippen molar-refractivity contribution in [3.8, 4) is 5.75 Å². The molecule has 2 rings (SSSR count). The molecule has 0 saturated carbocycles. The van der Waals surface area contributed by atoms with Gasteiger partial charge < -0.3 is 21.9 Å². The SMILES string of the molecule is C[C@@H](CC(=O)[C@@H](N)Cc1ccc(O)cc1)C(=O)NC[C@@H](N)Cc1ccccc1. The predicted molar refractivity (Wildman–Crippen MR) is 110 cm³/mol. The Morgan fingerprint density at radius 3 is 2.21 bits per heavy atom. The molecule has 1 amide bonds. The van der Waals surface area contributed by atoms with Crippen molar-refractivity contribution < 1.29 is 14.7 Å². The largest absolute Gasteiger partial charge is 0.508 e. The molecule has 150 valence electrons. The van der Waals surface area contributed by atoms with Gasteiger partial charge in [-0.15, -0.1) is 0 Å².